The van der Waals surface area contributed by atoms with Gasteiger partial charge in [0, 0.05) is 12.1 Å². The maximum absolute atomic E-state index is 11.7. The minimum atomic E-state index is -0.426. The van der Waals surface area contributed by atoms with Crippen LogP contribution in [0.1, 0.15) is 23.7 Å². The maximum Gasteiger partial charge on any atom is 0.251 e. The lowest BCUT2D eigenvalue weighted by atomic mass is 10.2. The van der Waals surface area contributed by atoms with E-state index in [0.717, 1.165) is 6.42 Å². The van der Waals surface area contributed by atoms with E-state index in [9.17, 15) is 14.7 Å². The van der Waals surface area contributed by atoms with E-state index in [4.69, 9.17) is 4.74 Å². The second kappa shape index (κ2) is 7.25. The van der Waals surface area contributed by atoms with Crippen molar-refractivity contribution in [3.63, 3.8) is 0 Å². The summed E-state index contributed by atoms with van der Waals surface area (Å²) in [6.07, 6.45) is 0.839. The summed E-state index contributed by atoms with van der Waals surface area (Å²) in [6, 6.07) is 4.29. The summed E-state index contributed by atoms with van der Waals surface area (Å²) in [5.41, 5.74) is 0.265. The van der Waals surface area contributed by atoms with Gasteiger partial charge >= 0.3 is 0 Å². The predicted octanol–water partition coefficient (Wildman–Crippen LogP) is 0.657. The highest BCUT2D eigenvalue weighted by Crippen LogP contribution is 2.25. The molecule has 0 heterocycles. The van der Waals surface area contributed by atoms with Crippen molar-refractivity contribution < 1.29 is 19.4 Å². The number of phenolic OH excluding ortho intramolecular Hbond substituents is 1. The Hall–Kier alpha value is -2.24. The van der Waals surface area contributed by atoms with Crippen molar-refractivity contribution in [2.24, 2.45) is 0 Å². The average Bonchev–Trinajstić information content (AvgIpc) is 2.42. The predicted molar refractivity (Wildman–Crippen MR) is 70.3 cm³/mol. The zero-order valence-corrected chi connectivity index (χ0v) is 11.0. The van der Waals surface area contributed by atoms with Crippen molar-refractivity contribution in [1.82, 2.24) is 10.6 Å². The zero-order valence-electron chi connectivity index (χ0n) is 11.0. The molecule has 1 aromatic rings. The number of hydrogen-bond acceptors (Lipinski definition) is 4. The highest BCUT2D eigenvalue weighted by Gasteiger charge is 2.10. The Balaban J connectivity index is 2.54. The largest absolute Gasteiger partial charge is 0.504 e. The van der Waals surface area contributed by atoms with E-state index in [1.807, 2.05) is 6.92 Å². The molecule has 0 saturated heterocycles. The fourth-order valence-electron chi connectivity index (χ4n) is 1.42. The van der Waals surface area contributed by atoms with E-state index in [1.165, 1.54) is 25.3 Å². The van der Waals surface area contributed by atoms with Crippen molar-refractivity contribution in [2.45, 2.75) is 13.3 Å². The van der Waals surface area contributed by atoms with Gasteiger partial charge in [-0.05, 0) is 24.6 Å². The fraction of sp³-hybridized carbons (Fsp3) is 0.385. The molecule has 19 heavy (non-hydrogen) atoms. The number of aromatic hydroxyl groups is 1. The molecule has 0 aliphatic rings. The van der Waals surface area contributed by atoms with Crippen molar-refractivity contribution in [3.8, 4) is 11.5 Å². The van der Waals surface area contributed by atoms with Crippen molar-refractivity contribution in [2.75, 3.05) is 20.2 Å². The average molecular weight is 266 g/mol. The van der Waals surface area contributed by atoms with Gasteiger partial charge in [0.15, 0.2) is 11.5 Å². The second-order valence-corrected chi connectivity index (χ2v) is 3.92. The first-order chi connectivity index (χ1) is 9.08. The molecule has 2 amide bonds. The molecule has 6 heteroatoms. The molecule has 0 aliphatic heterocycles. The first-order valence-electron chi connectivity index (χ1n) is 6.00. The number of ether oxygens (including phenoxy) is 1. The summed E-state index contributed by atoms with van der Waals surface area (Å²) < 4.78 is 4.88. The Kier molecular flexibility index (Phi) is 5.66. The summed E-state index contributed by atoms with van der Waals surface area (Å²) in [6.45, 7) is 2.43. The van der Waals surface area contributed by atoms with Crippen LogP contribution in [0.3, 0.4) is 0 Å². The molecule has 0 unspecified atom stereocenters. The summed E-state index contributed by atoms with van der Waals surface area (Å²) in [4.78, 5) is 23.0. The quantitative estimate of drug-likeness (QED) is 0.705. The minimum Gasteiger partial charge on any atom is -0.504 e. The molecule has 1 rings (SSSR count). The summed E-state index contributed by atoms with van der Waals surface area (Å²) in [5, 5.41) is 14.7. The molecule has 0 radical (unpaired) electrons. The van der Waals surface area contributed by atoms with Crippen LogP contribution in [-0.2, 0) is 4.79 Å². The third kappa shape index (κ3) is 4.50. The second-order valence-electron chi connectivity index (χ2n) is 3.92. The molecule has 0 bridgehead atoms. The van der Waals surface area contributed by atoms with Gasteiger partial charge in [-0.2, -0.15) is 0 Å². The molecular formula is C13H18N2O4. The number of phenols is 1. The van der Waals surface area contributed by atoms with Crippen LogP contribution in [0.15, 0.2) is 18.2 Å². The number of amides is 2. The summed E-state index contributed by atoms with van der Waals surface area (Å²) in [5.74, 6) is -0.500. The van der Waals surface area contributed by atoms with Crippen LogP contribution in [0, 0.1) is 0 Å². The van der Waals surface area contributed by atoms with E-state index in [2.05, 4.69) is 10.6 Å². The van der Waals surface area contributed by atoms with Gasteiger partial charge in [0.25, 0.3) is 5.91 Å². The lowest BCUT2D eigenvalue weighted by molar-refractivity contribution is -0.120. The van der Waals surface area contributed by atoms with Crippen LogP contribution in [0.2, 0.25) is 0 Å². The monoisotopic (exact) mass is 266 g/mol. The maximum atomic E-state index is 11.7. The molecule has 3 N–H and O–H groups in total. The number of rotatable bonds is 6. The van der Waals surface area contributed by atoms with Gasteiger partial charge in [0.2, 0.25) is 5.91 Å². The Morgan fingerprint density at radius 1 is 1.32 bits per heavy atom. The Morgan fingerprint density at radius 3 is 2.63 bits per heavy atom. The number of carbonyl (C=O) groups excluding carboxylic acids is 2. The van der Waals surface area contributed by atoms with Gasteiger partial charge in [-0.15, -0.1) is 0 Å². The van der Waals surface area contributed by atoms with Gasteiger partial charge < -0.3 is 20.5 Å². The van der Waals surface area contributed by atoms with Gasteiger partial charge in [-0.3, -0.25) is 9.59 Å². The minimum absolute atomic E-state index is 0.0916. The SMILES string of the molecule is CCCNC(=O)CNC(=O)c1ccc(OC)c(O)c1. The fourth-order valence-corrected chi connectivity index (χ4v) is 1.42. The zero-order chi connectivity index (χ0) is 14.3. The standard InChI is InChI=1S/C13H18N2O4/c1-3-6-14-12(17)8-15-13(18)9-4-5-11(19-2)10(16)7-9/h4-5,7,16H,3,6,8H2,1-2H3,(H,14,17)(H,15,18). The number of hydrogen-bond donors (Lipinski definition) is 3. The van der Waals surface area contributed by atoms with Crippen LogP contribution in [-0.4, -0.2) is 37.1 Å². The topological polar surface area (TPSA) is 87.7 Å². The molecule has 0 fully saturated rings. The highest BCUT2D eigenvalue weighted by atomic mass is 16.5. The van der Waals surface area contributed by atoms with E-state index in [0.29, 0.717) is 6.54 Å². The molecule has 0 aromatic heterocycles. The Labute approximate surface area is 111 Å². The van der Waals surface area contributed by atoms with Crippen molar-refractivity contribution in [3.05, 3.63) is 23.8 Å². The molecule has 0 spiro atoms. The van der Waals surface area contributed by atoms with Gasteiger partial charge in [0.1, 0.15) is 0 Å². The Morgan fingerprint density at radius 2 is 2.05 bits per heavy atom. The molecule has 1 aromatic carbocycles. The normalized spacial score (nSPS) is 9.79. The van der Waals surface area contributed by atoms with Crippen LogP contribution < -0.4 is 15.4 Å². The molecular weight excluding hydrogens is 248 g/mol. The lowest BCUT2D eigenvalue weighted by Gasteiger charge is -2.08. The van der Waals surface area contributed by atoms with Crippen molar-refractivity contribution >= 4 is 11.8 Å². The lowest BCUT2D eigenvalue weighted by Crippen LogP contribution is -2.37. The Bertz CT molecular complexity index is 460. The number of nitrogens with one attached hydrogen (secondary N) is 2. The summed E-state index contributed by atoms with van der Waals surface area (Å²) >= 11 is 0. The molecule has 6 nitrogen and oxygen atoms in total. The van der Waals surface area contributed by atoms with Crippen LogP contribution in [0.5, 0.6) is 11.5 Å². The highest BCUT2D eigenvalue weighted by molar-refractivity contribution is 5.97. The van der Waals surface area contributed by atoms with E-state index in [-0.39, 0.29) is 29.5 Å². The number of methoxy groups -OCH3 is 1. The van der Waals surface area contributed by atoms with E-state index in [1.54, 1.807) is 0 Å². The van der Waals surface area contributed by atoms with Crippen molar-refractivity contribution in [1.29, 1.82) is 0 Å². The van der Waals surface area contributed by atoms with Crippen LogP contribution >= 0.6 is 0 Å². The molecule has 0 saturated carbocycles. The van der Waals surface area contributed by atoms with Gasteiger partial charge in [-0.1, -0.05) is 6.92 Å². The van der Waals surface area contributed by atoms with Gasteiger partial charge in [0.05, 0.1) is 13.7 Å². The van der Waals surface area contributed by atoms with E-state index < -0.39 is 5.91 Å². The molecule has 104 valence electrons. The molecule has 0 atom stereocenters. The van der Waals surface area contributed by atoms with Crippen LogP contribution in [0.25, 0.3) is 0 Å². The summed E-state index contributed by atoms with van der Waals surface area (Å²) in [7, 11) is 1.42. The number of benzene rings is 1. The van der Waals surface area contributed by atoms with Gasteiger partial charge in [-0.25, -0.2) is 0 Å². The first-order valence-corrected chi connectivity index (χ1v) is 6.00. The number of carbonyl (C=O) groups is 2. The smallest absolute Gasteiger partial charge is 0.251 e. The van der Waals surface area contributed by atoms with E-state index >= 15 is 0 Å². The molecule has 0 aliphatic carbocycles. The third-order valence-corrected chi connectivity index (χ3v) is 2.42. The first kappa shape index (κ1) is 14.8. The third-order valence-electron chi connectivity index (χ3n) is 2.42. The van der Waals surface area contributed by atoms with Crippen LogP contribution in [0.4, 0.5) is 0 Å².